The van der Waals surface area contributed by atoms with Gasteiger partial charge in [-0.25, -0.2) is 0 Å². The number of benzene rings is 1. The van der Waals surface area contributed by atoms with E-state index >= 15 is 0 Å². The lowest BCUT2D eigenvalue weighted by atomic mass is 10.1. The standard InChI is InChI=1S/C19H20ClN3O/c1-22-8-7-18-16(12-22)15-10-14(20)3-4-17(15)23(18)9-6-13-2-5-19(24)21-11-13/h2-5,10-11H,6-9,12H2,1H3,(H,21,24). The Kier molecular flexibility index (Phi) is 3.94. The predicted octanol–water partition coefficient (Wildman–Crippen LogP) is 3.21. The van der Waals surface area contributed by atoms with E-state index in [2.05, 4.69) is 33.6 Å². The van der Waals surface area contributed by atoms with E-state index in [1.807, 2.05) is 18.3 Å². The lowest BCUT2D eigenvalue weighted by molar-refractivity contribution is 0.309. The summed E-state index contributed by atoms with van der Waals surface area (Å²) in [6, 6.07) is 9.68. The third kappa shape index (κ3) is 2.76. The van der Waals surface area contributed by atoms with Crippen molar-refractivity contribution in [1.29, 1.82) is 0 Å². The third-order valence-corrected chi connectivity index (χ3v) is 5.11. The number of aromatic nitrogens is 2. The Labute approximate surface area is 145 Å². The second-order valence-electron chi connectivity index (χ2n) is 6.54. The number of fused-ring (bicyclic) bond motifs is 3. The molecule has 0 radical (unpaired) electrons. The van der Waals surface area contributed by atoms with E-state index in [4.69, 9.17) is 11.6 Å². The highest BCUT2D eigenvalue weighted by Gasteiger charge is 2.22. The van der Waals surface area contributed by atoms with Crippen LogP contribution < -0.4 is 5.56 Å². The van der Waals surface area contributed by atoms with Crippen LogP contribution in [0.1, 0.15) is 16.8 Å². The largest absolute Gasteiger partial charge is 0.344 e. The van der Waals surface area contributed by atoms with Crippen LogP contribution in [0.25, 0.3) is 10.9 Å². The van der Waals surface area contributed by atoms with Gasteiger partial charge in [0.2, 0.25) is 5.56 Å². The summed E-state index contributed by atoms with van der Waals surface area (Å²) in [5.74, 6) is 0. The summed E-state index contributed by atoms with van der Waals surface area (Å²) in [7, 11) is 2.16. The van der Waals surface area contributed by atoms with Gasteiger partial charge in [0.15, 0.2) is 0 Å². The molecule has 1 aliphatic heterocycles. The van der Waals surface area contributed by atoms with Gasteiger partial charge in [-0.05, 0) is 42.8 Å². The fourth-order valence-electron chi connectivity index (χ4n) is 3.65. The number of pyridine rings is 1. The van der Waals surface area contributed by atoms with Crippen molar-refractivity contribution in [2.24, 2.45) is 0 Å². The molecule has 5 heteroatoms. The second-order valence-corrected chi connectivity index (χ2v) is 6.97. The average Bonchev–Trinajstić information content (AvgIpc) is 2.87. The number of hydrogen-bond donors (Lipinski definition) is 1. The van der Waals surface area contributed by atoms with E-state index in [0.717, 1.165) is 43.1 Å². The monoisotopic (exact) mass is 341 g/mol. The number of H-pyrrole nitrogens is 1. The van der Waals surface area contributed by atoms with Gasteiger partial charge in [0.05, 0.1) is 0 Å². The van der Waals surface area contributed by atoms with Gasteiger partial charge in [-0.1, -0.05) is 17.7 Å². The summed E-state index contributed by atoms with van der Waals surface area (Å²) in [5.41, 5.74) is 5.17. The summed E-state index contributed by atoms with van der Waals surface area (Å²) in [6.45, 7) is 2.96. The Morgan fingerprint density at radius 3 is 2.92 bits per heavy atom. The normalized spacial score (nSPS) is 14.9. The van der Waals surface area contributed by atoms with Gasteiger partial charge in [0.1, 0.15) is 0 Å². The van der Waals surface area contributed by atoms with E-state index in [1.165, 1.54) is 22.2 Å². The average molecular weight is 342 g/mol. The van der Waals surface area contributed by atoms with Gasteiger partial charge in [-0.2, -0.15) is 0 Å². The minimum Gasteiger partial charge on any atom is -0.344 e. The molecule has 0 fully saturated rings. The molecule has 0 saturated heterocycles. The first-order valence-electron chi connectivity index (χ1n) is 8.27. The molecule has 0 amide bonds. The molecule has 3 heterocycles. The van der Waals surface area contributed by atoms with Gasteiger partial charge in [0.25, 0.3) is 0 Å². The molecule has 4 nitrogen and oxygen atoms in total. The third-order valence-electron chi connectivity index (χ3n) is 4.88. The Morgan fingerprint density at radius 2 is 2.12 bits per heavy atom. The van der Waals surface area contributed by atoms with Crippen molar-refractivity contribution < 1.29 is 0 Å². The van der Waals surface area contributed by atoms with Crippen LogP contribution in [0.4, 0.5) is 0 Å². The molecule has 1 aliphatic rings. The van der Waals surface area contributed by atoms with Crippen molar-refractivity contribution in [3.63, 3.8) is 0 Å². The highest BCUT2D eigenvalue weighted by atomic mass is 35.5. The van der Waals surface area contributed by atoms with Crippen LogP contribution in [0.5, 0.6) is 0 Å². The summed E-state index contributed by atoms with van der Waals surface area (Å²) in [6.07, 6.45) is 3.76. The van der Waals surface area contributed by atoms with Gasteiger partial charge < -0.3 is 14.5 Å². The summed E-state index contributed by atoms with van der Waals surface area (Å²) in [4.78, 5) is 16.3. The zero-order valence-electron chi connectivity index (χ0n) is 13.7. The molecule has 0 aliphatic carbocycles. The topological polar surface area (TPSA) is 41.0 Å². The lowest BCUT2D eigenvalue weighted by Crippen LogP contribution is -2.27. The zero-order valence-corrected chi connectivity index (χ0v) is 14.4. The Morgan fingerprint density at radius 1 is 1.25 bits per heavy atom. The summed E-state index contributed by atoms with van der Waals surface area (Å²) < 4.78 is 2.43. The Hall–Kier alpha value is -2.04. The molecular weight excluding hydrogens is 322 g/mol. The van der Waals surface area contributed by atoms with Crippen molar-refractivity contribution in [3.05, 3.63) is 68.7 Å². The van der Waals surface area contributed by atoms with E-state index in [1.54, 1.807) is 6.07 Å². The molecule has 1 N–H and O–H groups in total. The number of likely N-dealkylation sites (N-methyl/N-ethyl adjacent to an activating group) is 1. The van der Waals surface area contributed by atoms with Gasteiger partial charge in [0, 0.05) is 59.9 Å². The molecule has 124 valence electrons. The highest BCUT2D eigenvalue weighted by Crippen LogP contribution is 2.32. The Bertz CT molecular complexity index is 937. The van der Waals surface area contributed by atoms with Crippen LogP contribution in [-0.4, -0.2) is 28.0 Å². The van der Waals surface area contributed by atoms with E-state index in [9.17, 15) is 4.79 Å². The first-order valence-corrected chi connectivity index (χ1v) is 8.65. The predicted molar refractivity (Wildman–Crippen MR) is 97.8 cm³/mol. The molecule has 2 aromatic heterocycles. The maximum atomic E-state index is 11.2. The number of aryl methyl sites for hydroxylation is 2. The van der Waals surface area contributed by atoms with Crippen molar-refractivity contribution in [1.82, 2.24) is 14.5 Å². The molecule has 1 aromatic carbocycles. The van der Waals surface area contributed by atoms with E-state index in [0.29, 0.717) is 0 Å². The first-order chi connectivity index (χ1) is 11.6. The van der Waals surface area contributed by atoms with Crippen LogP contribution >= 0.6 is 11.6 Å². The van der Waals surface area contributed by atoms with Crippen molar-refractivity contribution >= 4 is 22.5 Å². The number of hydrogen-bond acceptors (Lipinski definition) is 2. The van der Waals surface area contributed by atoms with E-state index < -0.39 is 0 Å². The van der Waals surface area contributed by atoms with Gasteiger partial charge >= 0.3 is 0 Å². The maximum absolute atomic E-state index is 11.2. The molecule has 0 atom stereocenters. The fraction of sp³-hybridized carbons (Fsp3) is 0.316. The zero-order chi connectivity index (χ0) is 16.7. The molecule has 0 saturated carbocycles. The smallest absolute Gasteiger partial charge is 0.247 e. The van der Waals surface area contributed by atoms with Crippen LogP contribution in [-0.2, 0) is 25.9 Å². The SMILES string of the molecule is CN1CCc2c(c3cc(Cl)ccc3n2CCc2ccc(=O)[nH]c2)C1. The fourth-order valence-corrected chi connectivity index (χ4v) is 3.82. The molecule has 0 bridgehead atoms. The molecule has 0 unspecified atom stereocenters. The van der Waals surface area contributed by atoms with Crippen LogP contribution in [0.3, 0.4) is 0 Å². The minimum absolute atomic E-state index is 0.0553. The summed E-state index contributed by atoms with van der Waals surface area (Å²) in [5, 5.41) is 2.06. The van der Waals surface area contributed by atoms with Crippen LogP contribution in [0.15, 0.2) is 41.3 Å². The molecular formula is C19H20ClN3O. The van der Waals surface area contributed by atoms with E-state index in [-0.39, 0.29) is 5.56 Å². The number of aromatic amines is 1. The number of nitrogens with zero attached hydrogens (tertiary/aromatic N) is 2. The van der Waals surface area contributed by atoms with Crippen molar-refractivity contribution in [3.8, 4) is 0 Å². The van der Waals surface area contributed by atoms with Gasteiger partial charge in [-0.3, -0.25) is 4.79 Å². The number of rotatable bonds is 3. The second kappa shape index (κ2) is 6.11. The highest BCUT2D eigenvalue weighted by molar-refractivity contribution is 6.31. The first kappa shape index (κ1) is 15.5. The molecule has 4 rings (SSSR count). The summed E-state index contributed by atoms with van der Waals surface area (Å²) >= 11 is 6.24. The molecule has 3 aromatic rings. The molecule has 24 heavy (non-hydrogen) atoms. The maximum Gasteiger partial charge on any atom is 0.247 e. The quantitative estimate of drug-likeness (QED) is 0.794. The Balaban J connectivity index is 1.74. The van der Waals surface area contributed by atoms with Gasteiger partial charge in [-0.15, -0.1) is 0 Å². The molecule has 0 spiro atoms. The minimum atomic E-state index is -0.0553. The van der Waals surface area contributed by atoms with Crippen LogP contribution in [0.2, 0.25) is 5.02 Å². The van der Waals surface area contributed by atoms with Crippen molar-refractivity contribution in [2.45, 2.75) is 25.9 Å². The lowest BCUT2D eigenvalue weighted by Gasteiger charge is -2.24. The number of nitrogens with one attached hydrogen (secondary N) is 1. The number of halogens is 1. The van der Waals surface area contributed by atoms with Crippen LogP contribution in [0, 0.1) is 0 Å². The van der Waals surface area contributed by atoms with Crippen molar-refractivity contribution in [2.75, 3.05) is 13.6 Å².